The van der Waals surface area contributed by atoms with Crippen LogP contribution >= 0.6 is 11.3 Å². The number of carbonyl (C=O) groups is 1. The van der Waals surface area contributed by atoms with Gasteiger partial charge in [0.25, 0.3) is 0 Å². The molecular formula is C15H20N4OS. The molecule has 0 unspecified atom stereocenters. The number of hydrogen-bond donors (Lipinski definition) is 1. The molecular weight excluding hydrogens is 284 g/mol. The topological polar surface area (TPSA) is 50.2 Å². The van der Waals surface area contributed by atoms with E-state index in [0.29, 0.717) is 11.9 Å². The van der Waals surface area contributed by atoms with Gasteiger partial charge in [0.15, 0.2) is 5.82 Å². The fourth-order valence-corrected chi connectivity index (χ4v) is 3.44. The summed E-state index contributed by atoms with van der Waals surface area (Å²) in [7, 11) is 0. The molecule has 1 aliphatic rings. The molecule has 2 aromatic rings. The van der Waals surface area contributed by atoms with Gasteiger partial charge in [-0.05, 0) is 24.3 Å². The molecule has 1 atom stereocenters. The number of hydrogen-bond acceptors (Lipinski definition) is 4. The minimum Gasteiger partial charge on any atom is -0.309 e. The lowest BCUT2D eigenvalue weighted by Crippen LogP contribution is -2.24. The van der Waals surface area contributed by atoms with Gasteiger partial charge in [-0.3, -0.25) is 9.48 Å². The first-order valence-corrected chi connectivity index (χ1v) is 8.16. The van der Waals surface area contributed by atoms with Crippen molar-refractivity contribution < 1.29 is 4.79 Å². The fraction of sp³-hybridized carbons (Fsp3) is 0.467. The molecule has 1 saturated heterocycles. The number of likely N-dealkylation sites (tertiary alicyclic amines) is 1. The number of amides is 1. The van der Waals surface area contributed by atoms with E-state index in [1.165, 1.54) is 11.8 Å². The van der Waals surface area contributed by atoms with Gasteiger partial charge >= 0.3 is 0 Å². The van der Waals surface area contributed by atoms with Crippen molar-refractivity contribution >= 4 is 23.1 Å². The molecule has 2 aromatic heterocycles. The SMILES string of the molecule is CC(=O)Nc1ccn([C@H]2CCN(CCc3cccs3)C2)n1. The molecule has 5 nitrogen and oxygen atoms in total. The summed E-state index contributed by atoms with van der Waals surface area (Å²) in [6.45, 7) is 4.76. The summed E-state index contributed by atoms with van der Waals surface area (Å²) < 4.78 is 1.98. The van der Waals surface area contributed by atoms with Crippen LogP contribution in [0.1, 0.15) is 24.3 Å². The predicted molar refractivity (Wildman–Crippen MR) is 84.6 cm³/mol. The summed E-state index contributed by atoms with van der Waals surface area (Å²) in [4.78, 5) is 15.0. The molecule has 0 saturated carbocycles. The summed E-state index contributed by atoms with van der Waals surface area (Å²) in [5.41, 5.74) is 0. The molecule has 0 aromatic carbocycles. The lowest BCUT2D eigenvalue weighted by atomic mass is 10.3. The van der Waals surface area contributed by atoms with E-state index in [-0.39, 0.29) is 5.91 Å². The van der Waals surface area contributed by atoms with Gasteiger partial charge in [-0.25, -0.2) is 0 Å². The zero-order valence-corrected chi connectivity index (χ0v) is 13.0. The van der Waals surface area contributed by atoms with E-state index in [2.05, 4.69) is 32.8 Å². The van der Waals surface area contributed by atoms with Crippen LogP contribution in [-0.4, -0.2) is 40.2 Å². The van der Waals surface area contributed by atoms with Crippen molar-refractivity contribution in [1.82, 2.24) is 14.7 Å². The largest absolute Gasteiger partial charge is 0.309 e. The Kier molecular flexibility index (Phi) is 4.36. The van der Waals surface area contributed by atoms with Crippen LogP contribution in [0.4, 0.5) is 5.82 Å². The highest BCUT2D eigenvalue weighted by Crippen LogP contribution is 2.22. The molecule has 6 heteroatoms. The van der Waals surface area contributed by atoms with Crippen molar-refractivity contribution in [3.63, 3.8) is 0 Å². The van der Waals surface area contributed by atoms with Crippen molar-refractivity contribution in [1.29, 1.82) is 0 Å². The van der Waals surface area contributed by atoms with Gasteiger partial charge in [0.1, 0.15) is 0 Å². The van der Waals surface area contributed by atoms with E-state index < -0.39 is 0 Å². The van der Waals surface area contributed by atoms with Crippen molar-refractivity contribution in [2.45, 2.75) is 25.8 Å². The van der Waals surface area contributed by atoms with Gasteiger partial charge in [-0.1, -0.05) is 6.07 Å². The third-order valence-corrected chi connectivity index (χ3v) is 4.72. The number of rotatable bonds is 5. The smallest absolute Gasteiger partial charge is 0.222 e. The maximum atomic E-state index is 11.0. The van der Waals surface area contributed by atoms with Gasteiger partial charge in [-0.15, -0.1) is 11.3 Å². The minimum absolute atomic E-state index is 0.0794. The Morgan fingerprint density at radius 1 is 1.52 bits per heavy atom. The Hall–Kier alpha value is -1.66. The number of aromatic nitrogens is 2. The zero-order chi connectivity index (χ0) is 14.7. The Labute approximate surface area is 128 Å². The summed E-state index contributed by atoms with van der Waals surface area (Å²) in [5, 5.41) is 9.29. The Morgan fingerprint density at radius 3 is 3.19 bits per heavy atom. The van der Waals surface area contributed by atoms with Gasteiger partial charge in [-0.2, -0.15) is 5.10 Å². The number of anilines is 1. The van der Waals surface area contributed by atoms with Gasteiger partial charge in [0.2, 0.25) is 5.91 Å². The summed E-state index contributed by atoms with van der Waals surface area (Å²) in [6.07, 6.45) is 4.20. The van der Waals surface area contributed by atoms with Gasteiger partial charge in [0.05, 0.1) is 6.04 Å². The van der Waals surface area contributed by atoms with Crippen molar-refractivity contribution in [3.05, 3.63) is 34.7 Å². The molecule has 1 N–H and O–H groups in total. The Balaban J connectivity index is 1.51. The highest BCUT2D eigenvalue weighted by molar-refractivity contribution is 7.09. The zero-order valence-electron chi connectivity index (χ0n) is 12.2. The van der Waals surface area contributed by atoms with Crippen LogP contribution in [0, 0.1) is 0 Å². The molecule has 1 amide bonds. The third kappa shape index (κ3) is 3.71. The van der Waals surface area contributed by atoms with Crippen LogP contribution in [0.5, 0.6) is 0 Å². The maximum Gasteiger partial charge on any atom is 0.222 e. The van der Waals surface area contributed by atoms with Gasteiger partial charge < -0.3 is 10.2 Å². The molecule has 0 radical (unpaired) electrons. The molecule has 0 spiro atoms. The Bertz CT molecular complexity index is 593. The normalized spacial score (nSPS) is 19.0. The van der Waals surface area contributed by atoms with E-state index in [1.807, 2.05) is 28.3 Å². The van der Waals surface area contributed by atoms with Crippen LogP contribution < -0.4 is 5.32 Å². The molecule has 0 bridgehead atoms. The standard InChI is InChI=1S/C15H20N4OS/c1-12(20)16-15-6-9-19(17-15)13-4-7-18(11-13)8-5-14-3-2-10-21-14/h2-3,6,9-10,13H,4-5,7-8,11H2,1H3,(H,16,17,20)/t13-/m0/s1. The van der Waals surface area contributed by atoms with Gasteiger partial charge in [0, 0.05) is 43.7 Å². The quantitative estimate of drug-likeness (QED) is 0.923. The molecule has 1 aliphatic heterocycles. The highest BCUT2D eigenvalue weighted by atomic mass is 32.1. The van der Waals surface area contributed by atoms with E-state index in [1.54, 1.807) is 0 Å². The summed E-state index contributed by atoms with van der Waals surface area (Å²) in [5.74, 6) is 0.559. The molecule has 112 valence electrons. The average molecular weight is 304 g/mol. The van der Waals surface area contributed by atoms with E-state index >= 15 is 0 Å². The van der Waals surface area contributed by atoms with Crippen molar-refractivity contribution in [2.24, 2.45) is 0 Å². The number of nitrogens with zero attached hydrogens (tertiary/aromatic N) is 3. The maximum absolute atomic E-state index is 11.0. The van der Waals surface area contributed by atoms with Crippen LogP contribution in [-0.2, 0) is 11.2 Å². The van der Waals surface area contributed by atoms with Crippen LogP contribution in [0.25, 0.3) is 0 Å². The highest BCUT2D eigenvalue weighted by Gasteiger charge is 2.24. The molecule has 3 heterocycles. The minimum atomic E-state index is -0.0794. The predicted octanol–water partition coefficient (Wildman–Crippen LogP) is 2.39. The fourth-order valence-electron chi connectivity index (χ4n) is 2.74. The van der Waals surface area contributed by atoms with Crippen molar-refractivity contribution in [3.8, 4) is 0 Å². The number of carbonyl (C=O) groups excluding carboxylic acids is 1. The first kappa shape index (κ1) is 14.3. The molecule has 1 fully saturated rings. The monoisotopic (exact) mass is 304 g/mol. The third-order valence-electron chi connectivity index (χ3n) is 3.79. The second-order valence-corrected chi connectivity index (χ2v) is 6.47. The lowest BCUT2D eigenvalue weighted by molar-refractivity contribution is -0.114. The molecule has 21 heavy (non-hydrogen) atoms. The summed E-state index contributed by atoms with van der Waals surface area (Å²) >= 11 is 1.83. The Morgan fingerprint density at radius 2 is 2.43 bits per heavy atom. The van der Waals surface area contributed by atoms with Crippen molar-refractivity contribution in [2.75, 3.05) is 25.0 Å². The number of thiophene rings is 1. The first-order valence-electron chi connectivity index (χ1n) is 7.28. The average Bonchev–Trinajstić information content (AvgIpc) is 3.17. The van der Waals surface area contributed by atoms with Crippen LogP contribution in [0.3, 0.4) is 0 Å². The van der Waals surface area contributed by atoms with Crippen LogP contribution in [0.2, 0.25) is 0 Å². The van der Waals surface area contributed by atoms with E-state index in [9.17, 15) is 4.79 Å². The van der Waals surface area contributed by atoms with Crippen LogP contribution in [0.15, 0.2) is 29.8 Å². The molecule has 0 aliphatic carbocycles. The second kappa shape index (κ2) is 6.41. The number of nitrogens with one attached hydrogen (secondary N) is 1. The molecule has 3 rings (SSSR count). The van der Waals surface area contributed by atoms with E-state index in [0.717, 1.165) is 32.5 Å². The first-order chi connectivity index (χ1) is 10.2. The summed E-state index contributed by atoms with van der Waals surface area (Å²) in [6, 6.07) is 6.58. The van der Waals surface area contributed by atoms with E-state index in [4.69, 9.17) is 0 Å². The second-order valence-electron chi connectivity index (χ2n) is 5.43. The lowest BCUT2D eigenvalue weighted by Gasteiger charge is -2.15.